The summed E-state index contributed by atoms with van der Waals surface area (Å²) >= 11 is 5.43. The highest BCUT2D eigenvalue weighted by Gasteiger charge is 2.71. The summed E-state index contributed by atoms with van der Waals surface area (Å²) in [7, 11) is 2.86. The number of ether oxygens (including phenoxy) is 3. The van der Waals surface area contributed by atoms with E-state index in [4.69, 9.17) is 39.6 Å². The highest BCUT2D eigenvalue weighted by molar-refractivity contribution is 8.07. The van der Waals surface area contributed by atoms with Crippen molar-refractivity contribution < 1.29 is 50.5 Å². The van der Waals surface area contributed by atoms with Gasteiger partial charge in [-0.15, -0.1) is 0 Å². The van der Waals surface area contributed by atoms with Crippen molar-refractivity contribution in [1.29, 1.82) is 0 Å². The van der Waals surface area contributed by atoms with Gasteiger partial charge in [0.05, 0.1) is 20.8 Å². The average Bonchev–Trinajstić information content (AvgIpc) is 3.14. The molecule has 11 nitrogen and oxygen atoms in total. The van der Waals surface area contributed by atoms with Crippen LogP contribution in [0, 0.1) is 0 Å². The highest BCUT2D eigenvalue weighted by atomic mass is 32.5. The molecule has 1 aromatic heterocycles. The number of methoxy groups -OCH3 is 2. The Kier molecular flexibility index (Phi) is 8.80. The van der Waals surface area contributed by atoms with E-state index in [0.717, 1.165) is 0 Å². The number of nitrogens with zero attached hydrogens (tertiary/aromatic N) is 1. The first-order chi connectivity index (χ1) is 19.3. The molecule has 0 unspecified atom stereocenters. The molecule has 3 aromatic rings. The third-order valence-electron chi connectivity index (χ3n) is 5.96. The highest BCUT2D eigenvalue weighted by Crippen LogP contribution is 2.55. The maximum Gasteiger partial charge on any atom is 0.435 e. The fourth-order valence-corrected chi connectivity index (χ4v) is 5.73. The Morgan fingerprint density at radius 3 is 1.90 bits per heavy atom. The molecule has 0 amide bonds. The molecule has 17 heteroatoms. The van der Waals surface area contributed by atoms with Crippen LogP contribution in [0.5, 0.6) is 23.0 Å². The van der Waals surface area contributed by atoms with Crippen LogP contribution < -0.4 is 29.8 Å². The van der Waals surface area contributed by atoms with E-state index in [0.29, 0.717) is 23.8 Å². The van der Waals surface area contributed by atoms with Gasteiger partial charge in [0.15, 0.2) is 11.7 Å². The van der Waals surface area contributed by atoms with Crippen LogP contribution in [0.4, 0.5) is 17.6 Å². The number of aromatic nitrogens is 2. The first kappa shape index (κ1) is 30.5. The van der Waals surface area contributed by atoms with Gasteiger partial charge in [0, 0.05) is 24.1 Å². The molecule has 3 atom stereocenters. The normalized spacial score (nSPS) is 22.0. The van der Waals surface area contributed by atoms with Crippen molar-refractivity contribution in [2.24, 2.45) is 0 Å². The van der Waals surface area contributed by atoms with Crippen molar-refractivity contribution >= 4 is 18.5 Å². The molecule has 1 aliphatic rings. The van der Waals surface area contributed by atoms with Gasteiger partial charge in [0.1, 0.15) is 23.0 Å². The van der Waals surface area contributed by atoms with E-state index in [1.807, 2.05) is 0 Å². The lowest BCUT2D eigenvalue weighted by Crippen LogP contribution is -2.54. The summed E-state index contributed by atoms with van der Waals surface area (Å²) in [5.74, 6) is -3.42. The Bertz CT molecular complexity index is 1470. The Morgan fingerprint density at radius 2 is 1.46 bits per heavy atom. The number of aliphatic hydroxyl groups excluding tert-OH is 1. The molecule has 0 aliphatic carbocycles. The molecule has 41 heavy (non-hydrogen) atoms. The SMILES string of the molecule is COc1ccc(OP(=S)(OC[C@@]2(C(F)F)O[C@@H](n3ccc(=O)[nH]c3=O)C(F)(F)[C@H]2O)Oc2ccc(OC)cc2)cc1. The van der Waals surface area contributed by atoms with Crippen LogP contribution in [-0.2, 0) is 21.1 Å². The van der Waals surface area contributed by atoms with E-state index in [2.05, 4.69) is 0 Å². The average molecular weight is 622 g/mol. The maximum absolute atomic E-state index is 15.2. The number of nitrogens with one attached hydrogen (secondary N) is 1. The second-order valence-electron chi connectivity index (χ2n) is 8.57. The zero-order chi connectivity index (χ0) is 30.0. The zero-order valence-electron chi connectivity index (χ0n) is 21.2. The molecular formula is C24H23F4N2O9PS. The summed E-state index contributed by atoms with van der Waals surface area (Å²) in [6, 6.07) is 12.4. The molecule has 1 saturated heterocycles. The van der Waals surface area contributed by atoms with Crippen molar-refractivity contribution in [3.8, 4) is 23.0 Å². The number of benzene rings is 2. The third-order valence-corrected chi connectivity index (χ3v) is 8.04. The first-order valence-electron chi connectivity index (χ1n) is 11.6. The number of aromatic amines is 1. The summed E-state index contributed by atoms with van der Waals surface area (Å²) in [6.07, 6.45) is -9.08. The molecule has 1 aliphatic heterocycles. The van der Waals surface area contributed by atoms with Crippen LogP contribution >= 0.6 is 6.72 Å². The summed E-state index contributed by atoms with van der Waals surface area (Å²) in [4.78, 5) is 25.2. The van der Waals surface area contributed by atoms with Crippen molar-refractivity contribution in [2.45, 2.75) is 30.3 Å². The number of H-pyrrole nitrogens is 1. The Morgan fingerprint density at radius 1 is 0.976 bits per heavy atom. The second-order valence-corrected chi connectivity index (χ2v) is 11.4. The predicted molar refractivity (Wildman–Crippen MR) is 139 cm³/mol. The van der Waals surface area contributed by atoms with Gasteiger partial charge < -0.3 is 28.4 Å². The van der Waals surface area contributed by atoms with Crippen molar-refractivity contribution in [3.05, 3.63) is 81.6 Å². The van der Waals surface area contributed by atoms with Gasteiger partial charge >= 0.3 is 18.3 Å². The minimum atomic E-state index is -4.45. The molecule has 2 heterocycles. The van der Waals surface area contributed by atoms with E-state index in [1.54, 1.807) is 4.98 Å². The van der Waals surface area contributed by atoms with Gasteiger partial charge in [-0.2, -0.15) is 8.78 Å². The van der Waals surface area contributed by atoms with Crippen molar-refractivity contribution in [3.63, 3.8) is 0 Å². The van der Waals surface area contributed by atoms with Crippen LogP contribution in [0.1, 0.15) is 6.23 Å². The zero-order valence-corrected chi connectivity index (χ0v) is 23.0. The lowest BCUT2D eigenvalue weighted by atomic mass is 9.96. The Balaban J connectivity index is 1.67. The molecule has 222 valence electrons. The first-order valence-corrected chi connectivity index (χ1v) is 14.1. The minimum absolute atomic E-state index is 0.0598. The predicted octanol–water partition coefficient (Wildman–Crippen LogP) is 3.48. The molecule has 4 rings (SSSR count). The number of aliphatic hydroxyl groups is 1. The molecule has 0 bridgehead atoms. The fraction of sp³-hybridized carbons (Fsp3) is 0.333. The van der Waals surface area contributed by atoms with Gasteiger partial charge in [0.25, 0.3) is 12.0 Å². The van der Waals surface area contributed by atoms with E-state index >= 15 is 8.78 Å². The van der Waals surface area contributed by atoms with Crippen molar-refractivity contribution in [1.82, 2.24) is 9.55 Å². The molecule has 1 fully saturated rings. The van der Waals surface area contributed by atoms with E-state index in [-0.39, 0.29) is 16.1 Å². The number of hydrogen-bond acceptors (Lipinski definition) is 10. The quantitative estimate of drug-likeness (QED) is 0.242. The summed E-state index contributed by atoms with van der Waals surface area (Å²) in [6.45, 7) is -5.60. The molecule has 0 saturated carbocycles. The largest absolute Gasteiger partial charge is 0.497 e. The van der Waals surface area contributed by atoms with Crippen LogP contribution in [-0.4, -0.2) is 59.5 Å². The van der Waals surface area contributed by atoms with Gasteiger partial charge in [-0.25, -0.2) is 13.6 Å². The van der Waals surface area contributed by atoms with Gasteiger partial charge in [0.2, 0.25) is 6.23 Å². The van der Waals surface area contributed by atoms with Crippen LogP contribution in [0.25, 0.3) is 0 Å². The lowest BCUT2D eigenvalue weighted by Gasteiger charge is -2.32. The van der Waals surface area contributed by atoms with E-state index < -0.39 is 54.9 Å². The van der Waals surface area contributed by atoms with Gasteiger partial charge in [-0.1, -0.05) is 0 Å². The number of hydrogen-bond donors (Lipinski definition) is 2. The smallest absolute Gasteiger partial charge is 0.435 e. The number of alkyl halides is 4. The Hall–Kier alpha value is -3.43. The van der Waals surface area contributed by atoms with Gasteiger partial charge in [-0.3, -0.25) is 18.9 Å². The van der Waals surface area contributed by atoms with Crippen LogP contribution in [0.15, 0.2) is 70.4 Å². The number of halogens is 4. The monoisotopic (exact) mass is 622 g/mol. The standard InChI is InChI=1S/C24H23F4N2O9PS/c1-34-14-3-7-16(8-4-14)38-40(41,39-17-9-5-15(35-2)6-10-17)36-13-23(20(25)26)19(32)24(27,28)21(37-23)30-12-11-18(31)29-22(30)33/h3-12,19-21,32H,13H2,1-2H3,(H,29,31,33)/t19-,21+,23+/m0/s1. The van der Waals surface area contributed by atoms with E-state index in [1.165, 1.54) is 62.8 Å². The molecule has 2 aromatic carbocycles. The summed E-state index contributed by atoms with van der Waals surface area (Å²) in [5.41, 5.74) is -5.71. The maximum atomic E-state index is 15.2. The minimum Gasteiger partial charge on any atom is -0.497 e. The number of rotatable bonds is 11. The van der Waals surface area contributed by atoms with Crippen LogP contribution in [0.2, 0.25) is 0 Å². The second kappa shape index (κ2) is 11.8. The molecule has 0 radical (unpaired) electrons. The van der Waals surface area contributed by atoms with E-state index in [9.17, 15) is 23.5 Å². The van der Waals surface area contributed by atoms with Crippen LogP contribution in [0.3, 0.4) is 0 Å². The summed E-state index contributed by atoms with van der Waals surface area (Å²) < 4.78 is 91.5. The van der Waals surface area contributed by atoms with Crippen molar-refractivity contribution in [2.75, 3.05) is 20.8 Å². The van der Waals surface area contributed by atoms with Gasteiger partial charge in [-0.05, 0) is 48.5 Å². The Labute approximate surface area is 234 Å². The molecule has 2 N–H and O–H groups in total. The molecular weight excluding hydrogens is 599 g/mol. The third kappa shape index (κ3) is 6.26. The lowest BCUT2D eigenvalue weighted by molar-refractivity contribution is -0.192. The summed E-state index contributed by atoms with van der Waals surface area (Å²) in [5, 5.41) is 10.5. The topological polar surface area (TPSA) is 130 Å². The fourth-order valence-electron chi connectivity index (χ4n) is 3.80. The molecule has 0 spiro atoms.